The number of aromatic nitrogens is 1. The van der Waals surface area contributed by atoms with Gasteiger partial charge in [-0.05, 0) is 74.0 Å². The average Bonchev–Trinajstić information content (AvgIpc) is 3.26. The third-order valence-corrected chi connectivity index (χ3v) is 5.84. The summed E-state index contributed by atoms with van der Waals surface area (Å²) in [7, 11) is 0. The quantitative estimate of drug-likeness (QED) is 0.444. The van der Waals surface area contributed by atoms with Crippen LogP contribution < -0.4 is 10.9 Å². The Kier molecular flexibility index (Phi) is 8.66. The van der Waals surface area contributed by atoms with Crippen molar-refractivity contribution < 1.29 is 9.47 Å². The van der Waals surface area contributed by atoms with E-state index in [-0.39, 0.29) is 11.7 Å². The fraction of sp³-hybridized carbons (Fsp3) is 0.565. The van der Waals surface area contributed by atoms with Crippen LogP contribution in [0.15, 0.2) is 29.1 Å². The predicted octanol–water partition coefficient (Wildman–Crippen LogP) is 3.37. The molecular weight excluding hydrogens is 398 g/mol. The van der Waals surface area contributed by atoms with Gasteiger partial charge < -0.3 is 24.7 Å². The van der Waals surface area contributed by atoms with Crippen LogP contribution in [0.3, 0.4) is 0 Å². The zero-order chi connectivity index (χ0) is 21.3. The highest BCUT2D eigenvalue weighted by Crippen LogP contribution is 2.17. The highest BCUT2D eigenvalue weighted by Gasteiger charge is 2.22. The van der Waals surface area contributed by atoms with E-state index < -0.39 is 0 Å². The lowest BCUT2D eigenvalue weighted by molar-refractivity contribution is 0.0896. The van der Waals surface area contributed by atoms with E-state index in [1.54, 1.807) is 0 Å². The van der Waals surface area contributed by atoms with Crippen LogP contribution in [0.1, 0.15) is 44.2 Å². The molecule has 0 saturated carbocycles. The van der Waals surface area contributed by atoms with Crippen LogP contribution in [-0.2, 0) is 22.4 Å². The van der Waals surface area contributed by atoms with E-state index in [0.717, 1.165) is 56.3 Å². The Morgan fingerprint density at radius 1 is 1.37 bits per heavy atom. The maximum atomic E-state index is 12.7. The molecule has 7 heteroatoms. The molecule has 1 aromatic heterocycles. The third kappa shape index (κ3) is 6.27. The van der Waals surface area contributed by atoms with E-state index in [4.69, 9.17) is 21.7 Å². The molecule has 6 nitrogen and oxygen atoms in total. The number of rotatable bonds is 10. The molecule has 2 aromatic rings. The molecule has 0 unspecified atom stereocenters. The van der Waals surface area contributed by atoms with Crippen molar-refractivity contribution in [3.63, 3.8) is 0 Å². The first-order valence-electron chi connectivity index (χ1n) is 11.0. The largest absolute Gasteiger partial charge is 0.382 e. The standard InChI is InChI=1S/C23H33N3O3S/c1-3-17-8-9-21-18(13-17)14-19(22(27)25-21)15-26(16-20-7-5-12-29-20)23(30)24-10-6-11-28-4-2/h8-9,13-14,20H,3-7,10-12,15-16H2,1-2H3,(H,24,30)(H,25,27)/t20-/m0/s1. The second kappa shape index (κ2) is 11.4. The number of hydrogen-bond donors (Lipinski definition) is 2. The molecule has 1 aliphatic rings. The van der Waals surface area contributed by atoms with Crippen LogP contribution in [0.2, 0.25) is 0 Å². The van der Waals surface area contributed by atoms with E-state index in [1.165, 1.54) is 5.56 Å². The summed E-state index contributed by atoms with van der Waals surface area (Å²) >= 11 is 5.67. The topological polar surface area (TPSA) is 66.6 Å². The Morgan fingerprint density at radius 2 is 2.23 bits per heavy atom. The molecule has 1 saturated heterocycles. The number of pyridine rings is 1. The van der Waals surface area contributed by atoms with Crippen molar-refractivity contribution in [2.45, 2.75) is 52.2 Å². The highest BCUT2D eigenvalue weighted by molar-refractivity contribution is 7.80. The van der Waals surface area contributed by atoms with Gasteiger partial charge in [0.1, 0.15) is 0 Å². The number of nitrogens with zero attached hydrogens (tertiary/aromatic N) is 1. The van der Waals surface area contributed by atoms with Gasteiger partial charge in [-0.2, -0.15) is 0 Å². The summed E-state index contributed by atoms with van der Waals surface area (Å²) in [6.07, 6.45) is 4.10. The maximum absolute atomic E-state index is 12.7. The first-order valence-corrected chi connectivity index (χ1v) is 11.4. The normalized spacial score (nSPS) is 16.1. The third-order valence-electron chi connectivity index (χ3n) is 5.44. The minimum atomic E-state index is -0.0664. The fourth-order valence-corrected chi connectivity index (χ4v) is 3.96. The number of aromatic amines is 1. The van der Waals surface area contributed by atoms with Gasteiger partial charge in [0.05, 0.1) is 12.6 Å². The fourth-order valence-electron chi connectivity index (χ4n) is 3.72. The predicted molar refractivity (Wildman–Crippen MR) is 125 cm³/mol. The number of fused-ring (bicyclic) bond motifs is 1. The first-order chi connectivity index (χ1) is 14.6. The number of benzene rings is 1. The van der Waals surface area contributed by atoms with Crippen LogP contribution in [-0.4, -0.2) is 54.0 Å². The summed E-state index contributed by atoms with van der Waals surface area (Å²) in [6, 6.07) is 8.17. The van der Waals surface area contributed by atoms with Crippen molar-refractivity contribution in [2.24, 2.45) is 0 Å². The smallest absolute Gasteiger partial charge is 0.253 e. The highest BCUT2D eigenvalue weighted by atomic mass is 32.1. The second-order valence-electron chi connectivity index (χ2n) is 7.70. The van der Waals surface area contributed by atoms with Gasteiger partial charge in [0.15, 0.2) is 5.11 Å². The molecule has 0 spiro atoms. The van der Waals surface area contributed by atoms with E-state index in [2.05, 4.69) is 34.3 Å². The van der Waals surface area contributed by atoms with Crippen LogP contribution in [0.5, 0.6) is 0 Å². The van der Waals surface area contributed by atoms with Crippen molar-refractivity contribution in [2.75, 3.05) is 32.9 Å². The minimum absolute atomic E-state index is 0.0664. The van der Waals surface area contributed by atoms with Gasteiger partial charge in [-0.1, -0.05) is 13.0 Å². The Bertz CT molecular complexity index is 893. The van der Waals surface area contributed by atoms with Gasteiger partial charge in [0.2, 0.25) is 0 Å². The lowest BCUT2D eigenvalue weighted by Gasteiger charge is -2.28. The lowest BCUT2D eigenvalue weighted by atomic mass is 10.1. The second-order valence-corrected chi connectivity index (χ2v) is 8.08. The zero-order valence-corrected chi connectivity index (χ0v) is 18.9. The molecule has 0 aliphatic carbocycles. The van der Waals surface area contributed by atoms with Gasteiger partial charge in [0, 0.05) is 44.0 Å². The maximum Gasteiger partial charge on any atom is 0.253 e. The van der Waals surface area contributed by atoms with Gasteiger partial charge in [-0.15, -0.1) is 0 Å². The van der Waals surface area contributed by atoms with Crippen molar-refractivity contribution >= 4 is 28.2 Å². The molecule has 2 N–H and O–H groups in total. The minimum Gasteiger partial charge on any atom is -0.382 e. The summed E-state index contributed by atoms with van der Waals surface area (Å²) in [5, 5.41) is 5.03. The Labute approximate surface area is 183 Å². The molecule has 30 heavy (non-hydrogen) atoms. The molecule has 3 rings (SSSR count). The number of ether oxygens (including phenoxy) is 2. The Morgan fingerprint density at radius 3 is 2.97 bits per heavy atom. The van der Waals surface area contributed by atoms with E-state index in [0.29, 0.717) is 30.4 Å². The van der Waals surface area contributed by atoms with Crippen LogP contribution >= 0.6 is 12.2 Å². The van der Waals surface area contributed by atoms with E-state index in [9.17, 15) is 4.79 Å². The summed E-state index contributed by atoms with van der Waals surface area (Å²) < 4.78 is 11.2. The lowest BCUT2D eigenvalue weighted by Crippen LogP contribution is -2.44. The molecule has 1 aliphatic heterocycles. The van der Waals surface area contributed by atoms with Crippen LogP contribution in [0, 0.1) is 0 Å². The summed E-state index contributed by atoms with van der Waals surface area (Å²) in [4.78, 5) is 17.8. The van der Waals surface area contributed by atoms with Crippen LogP contribution in [0.4, 0.5) is 0 Å². The molecular formula is C23H33N3O3S. The molecule has 0 radical (unpaired) electrons. The molecule has 0 bridgehead atoms. The van der Waals surface area contributed by atoms with Gasteiger partial charge in [0.25, 0.3) is 5.56 Å². The zero-order valence-electron chi connectivity index (χ0n) is 18.0. The number of nitrogens with one attached hydrogen (secondary N) is 2. The summed E-state index contributed by atoms with van der Waals surface area (Å²) in [5.74, 6) is 0. The average molecular weight is 432 g/mol. The molecule has 2 heterocycles. The monoisotopic (exact) mass is 431 g/mol. The van der Waals surface area contributed by atoms with Crippen LogP contribution in [0.25, 0.3) is 10.9 Å². The van der Waals surface area contributed by atoms with Crippen molar-refractivity contribution in [3.8, 4) is 0 Å². The van der Waals surface area contributed by atoms with Crippen molar-refractivity contribution in [1.82, 2.24) is 15.2 Å². The number of thiocarbonyl (C=S) groups is 1. The number of hydrogen-bond acceptors (Lipinski definition) is 4. The number of aryl methyl sites for hydroxylation is 1. The van der Waals surface area contributed by atoms with Gasteiger partial charge >= 0.3 is 0 Å². The van der Waals surface area contributed by atoms with Gasteiger partial charge in [-0.25, -0.2) is 0 Å². The summed E-state index contributed by atoms with van der Waals surface area (Å²) in [6.45, 7) is 8.24. The molecule has 0 amide bonds. The van der Waals surface area contributed by atoms with E-state index in [1.807, 2.05) is 19.1 Å². The van der Waals surface area contributed by atoms with Gasteiger partial charge in [-0.3, -0.25) is 4.79 Å². The molecule has 164 valence electrons. The van der Waals surface area contributed by atoms with Crippen molar-refractivity contribution in [1.29, 1.82) is 0 Å². The number of H-pyrrole nitrogens is 1. The summed E-state index contributed by atoms with van der Waals surface area (Å²) in [5.41, 5.74) is 2.77. The SMILES string of the molecule is CCOCCCNC(=S)N(Cc1cc2cc(CC)ccc2[nH]c1=O)C[C@@H]1CCCO1. The molecule has 1 fully saturated rings. The Balaban J connectivity index is 1.74. The molecule has 1 aromatic carbocycles. The molecule has 1 atom stereocenters. The van der Waals surface area contributed by atoms with Crippen molar-refractivity contribution in [3.05, 3.63) is 45.7 Å². The van der Waals surface area contributed by atoms with E-state index >= 15 is 0 Å². The first kappa shape index (κ1) is 22.7. The Hall–Kier alpha value is -1.96.